The molecule has 6 heteroatoms. The zero-order chi connectivity index (χ0) is 16.2. The fraction of sp³-hybridized carbons (Fsp3) is 0.118. The number of benzene rings is 1. The maximum absolute atomic E-state index is 12.1. The van der Waals surface area contributed by atoms with Crippen LogP contribution in [0.2, 0.25) is 0 Å². The minimum Gasteiger partial charge on any atom is -0.497 e. The second kappa shape index (κ2) is 6.58. The van der Waals surface area contributed by atoms with E-state index in [-0.39, 0.29) is 5.91 Å². The largest absolute Gasteiger partial charge is 0.497 e. The van der Waals surface area contributed by atoms with Crippen molar-refractivity contribution in [1.82, 2.24) is 9.97 Å². The third-order valence-corrected chi connectivity index (χ3v) is 4.11. The van der Waals surface area contributed by atoms with Crippen LogP contribution in [0, 0.1) is 0 Å². The summed E-state index contributed by atoms with van der Waals surface area (Å²) in [5.74, 6) is 0.591. The molecule has 0 aliphatic heterocycles. The number of thiazole rings is 1. The second-order valence-electron chi connectivity index (χ2n) is 4.81. The van der Waals surface area contributed by atoms with Crippen LogP contribution in [0.25, 0.3) is 11.3 Å². The average Bonchev–Trinajstić information content (AvgIpc) is 3.05. The van der Waals surface area contributed by atoms with Crippen LogP contribution in [0.3, 0.4) is 0 Å². The highest BCUT2D eigenvalue weighted by molar-refractivity contribution is 7.14. The van der Waals surface area contributed by atoms with Crippen molar-refractivity contribution < 1.29 is 9.53 Å². The van der Waals surface area contributed by atoms with Crippen molar-refractivity contribution >= 4 is 28.1 Å². The molecule has 23 heavy (non-hydrogen) atoms. The van der Waals surface area contributed by atoms with Gasteiger partial charge in [-0.1, -0.05) is 6.07 Å². The van der Waals surface area contributed by atoms with Gasteiger partial charge in [0.15, 0.2) is 5.13 Å². The Balaban J connectivity index is 1.99. The molecule has 2 heterocycles. The normalized spacial score (nSPS) is 10.3. The lowest BCUT2D eigenvalue weighted by Crippen LogP contribution is -2.22. The molecular weight excluding hydrogens is 310 g/mol. The Morgan fingerprint density at radius 3 is 2.70 bits per heavy atom. The summed E-state index contributed by atoms with van der Waals surface area (Å²) in [6.45, 7) is 1.52. The van der Waals surface area contributed by atoms with Crippen molar-refractivity contribution in [2.45, 2.75) is 6.92 Å². The summed E-state index contributed by atoms with van der Waals surface area (Å²) in [6, 6.07) is 11.1. The molecule has 0 fully saturated rings. The first-order chi connectivity index (χ1) is 11.2. The molecule has 116 valence electrons. The van der Waals surface area contributed by atoms with Crippen molar-refractivity contribution in [3.63, 3.8) is 0 Å². The number of carbonyl (C=O) groups excluding carboxylic acids is 1. The van der Waals surface area contributed by atoms with E-state index in [2.05, 4.69) is 9.97 Å². The quantitative estimate of drug-likeness (QED) is 0.730. The van der Waals surface area contributed by atoms with Crippen molar-refractivity contribution in [3.05, 3.63) is 54.2 Å². The third kappa shape index (κ3) is 3.22. The molecule has 0 aliphatic rings. The molecule has 0 unspecified atom stereocenters. The number of hydrogen-bond acceptors (Lipinski definition) is 5. The molecule has 0 N–H and O–H groups in total. The lowest BCUT2D eigenvalue weighted by atomic mass is 10.2. The monoisotopic (exact) mass is 325 g/mol. The molecule has 2 aromatic heterocycles. The average molecular weight is 325 g/mol. The highest BCUT2D eigenvalue weighted by Crippen LogP contribution is 2.33. The third-order valence-electron chi connectivity index (χ3n) is 3.29. The molecule has 0 radical (unpaired) electrons. The zero-order valence-corrected chi connectivity index (χ0v) is 13.6. The van der Waals surface area contributed by atoms with E-state index in [4.69, 9.17) is 4.74 Å². The lowest BCUT2D eigenvalue weighted by molar-refractivity contribution is -0.115. The summed E-state index contributed by atoms with van der Waals surface area (Å²) in [5.41, 5.74) is 2.52. The maximum Gasteiger partial charge on any atom is 0.230 e. The van der Waals surface area contributed by atoms with Gasteiger partial charge >= 0.3 is 0 Å². The minimum atomic E-state index is -0.103. The Morgan fingerprint density at radius 1 is 1.22 bits per heavy atom. The van der Waals surface area contributed by atoms with E-state index in [1.807, 2.05) is 41.8 Å². The Morgan fingerprint density at radius 2 is 2.00 bits per heavy atom. The summed E-state index contributed by atoms with van der Waals surface area (Å²) < 4.78 is 5.23. The van der Waals surface area contributed by atoms with Gasteiger partial charge in [0.25, 0.3) is 0 Å². The Bertz CT molecular complexity index is 817. The molecule has 1 aromatic carbocycles. The molecule has 3 aromatic rings. The summed E-state index contributed by atoms with van der Waals surface area (Å²) in [5, 5.41) is 2.55. The van der Waals surface area contributed by atoms with Crippen LogP contribution in [0.15, 0.2) is 54.2 Å². The number of methoxy groups -OCH3 is 1. The van der Waals surface area contributed by atoms with Crippen LogP contribution in [-0.4, -0.2) is 23.0 Å². The van der Waals surface area contributed by atoms with Crippen molar-refractivity contribution in [2.75, 3.05) is 12.0 Å². The summed E-state index contributed by atoms with van der Waals surface area (Å²) in [6.07, 6.45) is 3.44. The summed E-state index contributed by atoms with van der Waals surface area (Å²) >= 11 is 1.42. The Kier molecular flexibility index (Phi) is 4.34. The fourth-order valence-corrected chi connectivity index (χ4v) is 3.09. The zero-order valence-electron chi connectivity index (χ0n) is 12.8. The molecule has 0 saturated carbocycles. The van der Waals surface area contributed by atoms with Gasteiger partial charge < -0.3 is 4.74 Å². The molecule has 0 spiro atoms. The minimum absolute atomic E-state index is 0.103. The van der Waals surface area contributed by atoms with Crippen LogP contribution >= 0.6 is 11.3 Å². The van der Waals surface area contributed by atoms with Gasteiger partial charge in [-0.05, 0) is 24.3 Å². The fourth-order valence-electron chi connectivity index (χ4n) is 2.20. The number of ether oxygens (including phenoxy) is 1. The molecule has 1 amide bonds. The Labute approximate surface area is 138 Å². The van der Waals surface area contributed by atoms with Gasteiger partial charge in [0, 0.05) is 36.3 Å². The van der Waals surface area contributed by atoms with E-state index >= 15 is 0 Å². The number of hydrogen-bond donors (Lipinski definition) is 0. The maximum atomic E-state index is 12.1. The number of carbonyl (C=O) groups is 1. The van der Waals surface area contributed by atoms with Crippen LogP contribution in [-0.2, 0) is 4.79 Å². The summed E-state index contributed by atoms with van der Waals surface area (Å²) in [7, 11) is 1.60. The summed E-state index contributed by atoms with van der Waals surface area (Å²) in [4.78, 5) is 22.3. The van der Waals surface area contributed by atoms with E-state index in [1.54, 1.807) is 24.4 Å². The number of amides is 1. The molecule has 0 aliphatic carbocycles. The number of anilines is 2. The van der Waals surface area contributed by atoms with Crippen LogP contribution in [0.1, 0.15) is 6.92 Å². The standard InChI is InChI=1S/C17H15N3O2S/c1-12(21)20(14-4-3-5-15(10-14)22-2)17-19-16(11-23-17)13-6-8-18-9-7-13/h3-11H,1-2H3. The first kappa shape index (κ1) is 15.2. The number of nitrogens with zero attached hydrogens (tertiary/aromatic N) is 3. The van der Waals surface area contributed by atoms with Gasteiger partial charge in [-0.25, -0.2) is 4.98 Å². The smallest absolute Gasteiger partial charge is 0.230 e. The first-order valence-electron chi connectivity index (χ1n) is 6.99. The van der Waals surface area contributed by atoms with Crippen LogP contribution < -0.4 is 9.64 Å². The van der Waals surface area contributed by atoms with Crippen LogP contribution in [0.4, 0.5) is 10.8 Å². The highest BCUT2D eigenvalue weighted by atomic mass is 32.1. The molecular formula is C17H15N3O2S. The van der Waals surface area contributed by atoms with Gasteiger partial charge in [0.2, 0.25) is 5.91 Å². The van der Waals surface area contributed by atoms with E-state index in [0.717, 1.165) is 16.9 Å². The molecule has 0 bridgehead atoms. The van der Waals surface area contributed by atoms with E-state index in [9.17, 15) is 4.79 Å². The molecule has 3 rings (SSSR count). The van der Waals surface area contributed by atoms with E-state index in [0.29, 0.717) is 10.9 Å². The van der Waals surface area contributed by atoms with Crippen molar-refractivity contribution in [1.29, 1.82) is 0 Å². The van der Waals surface area contributed by atoms with Gasteiger partial charge in [-0.2, -0.15) is 0 Å². The van der Waals surface area contributed by atoms with Gasteiger partial charge in [0.05, 0.1) is 18.5 Å². The molecule has 5 nitrogen and oxygen atoms in total. The lowest BCUT2D eigenvalue weighted by Gasteiger charge is -2.18. The Hall–Kier alpha value is -2.73. The van der Waals surface area contributed by atoms with Gasteiger partial charge in [-0.3, -0.25) is 14.7 Å². The predicted molar refractivity (Wildman–Crippen MR) is 91.2 cm³/mol. The highest BCUT2D eigenvalue weighted by Gasteiger charge is 2.18. The predicted octanol–water partition coefficient (Wildman–Crippen LogP) is 3.90. The van der Waals surface area contributed by atoms with Crippen LogP contribution in [0.5, 0.6) is 5.75 Å². The van der Waals surface area contributed by atoms with E-state index < -0.39 is 0 Å². The molecule has 0 saturated heterocycles. The SMILES string of the molecule is COc1cccc(N(C(C)=O)c2nc(-c3ccncc3)cs2)c1. The van der Waals surface area contributed by atoms with Crippen molar-refractivity contribution in [2.24, 2.45) is 0 Å². The topological polar surface area (TPSA) is 55.3 Å². The molecule has 0 atom stereocenters. The first-order valence-corrected chi connectivity index (χ1v) is 7.87. The van der Waals surface area contributed by atoms with Crippen molar-refractivity contribution in [3.8, 4) is 17.0 Å². The van der Waals surface area contributed by atoms with Gasteiger partial charge in [-0.15, -0.1) is 11.3 Å². The number of rotatable bonds is 4. The number of pyridine rings is 1. The van der Waals surface area contributed by atoms with Gasteiger partial charge in [0.1, 0.15) is 5.75 Å². The number of aromatic nitrogens is 2. The van der Waals surface area contributed by atoms with E-state index in [1.165, 1.54) is 18.3 Å². The second-order valence-corrected chi connectivity index (χ2v) is 5.64.